The van der Waals surface area contributed by atoms with E-state index >= 15 is 0 Å². The van der Waals surface area contributed by atoms with Gasteiger partial charge in [0, 0.05) is 28.6 Å². The minimum Gasteiger partial charge on any atom is -0.360 e. The zero-order valence-corrected chi connectivity index (χ0v) is 18.0. The van der Waals surface area contributed by atoms with Crippen LogP contribution in [0, 0.1) is 18.6 Å². The normalized spacial score (nSPS) is 10.9. The van der Waals surface area contributed by atoms with Crippen LogP contribution in [-0.4, -0.2) is 21.0 Å². The van der Waals surface area contributed by atoms with Gasteiger partial charge in [-0.05, 0) is 49.4 Å². The zero-order valence-electron chi connectivity index (χ0n) is 18.0. The van der Waals surface area contributed by atoms with E-state index in [1.54, 1.807) is 55.6 Å². The number of hydrogen-bond acceptors (Lipinski definition) is 4. The third-order valence-corrected chi connectivity index (χ3v) is 5.30. The van der Waals surface area contributed by atoms with Crippen LogP contribution in [-0.2, 0) is 0 Å². The van der Waals surface area contributed by atoms with Gasteiger partial charge in [-0.3, -0.25) is 4.79 Å². The number of nitrogens with zero attached hydrogens (tertiary/aromatic N) is 2. The van der Waals surface area contributed by atoms with Crippen molar-refractivity contribution in [3.63, 3.8) is 0 Å². The molecule has 6 nitrogen and oxygen atoms in total. The molecule has 2 heterocycles. The number of amides is 1. The largest absolute Gasteiger partial charge is 0.360 e. The Morgan fingerprint density at radius 2 is 1.68 bits per heavy atom. The van der Waals surface area contributed by atoms with Crippen LogP contribution in [0.5, 0.6) is 0 Å². The highest BCUT2D eigenvalue weighted by molar-refractivity contribution is 6.04. The van der Waals surface area contributed by atoms with E-state index in [4.69, 9.17) is 4.52 Å². The number of halogens is 2. The SMILES string of the molecule is Cc1onc(-c2cccc(F)c2)c1-c1c[nH]c(-c2ccc(C(=O)Nc3cccc(F)c3)cc2)n1. The van der Waals surface area contributed by atoms with E-state index in [-0.39, 0.29) is 11.7 Å². The molecule has 2 N–H and O–H groups in total. The molecule has 5 rings (SSSR count). The number of benzene rings is 3. The van der Waals surface area contributed by atoms with Crippen LogP contribution in [0.25, 0.3) is 33.9 Å². The standard InChI is InChI=1S/C26H18F2N4O2/c1-15-23(24(32-34-15)18-4-2-5-19(27)12-18)22-14-29-25(31-22)16-8-10-17(11-9-16)26(33)30-21-7-3-6-20(28)13-21/h2-14H,1H3,(H,29,31)(H,30,33). The monoisotopic (exact) mass is 456 g/mol. The van der Waals surface area contributed by atoms with Crippen LogP contribution in [0.2, 0.25) is 0 Å². The Balaban J connectivity index is 1.39. The Morgan fingerprint density at radius 3 is 2.41 bits per heavy atom. The lowest BCUT2D eigenvalue weighted by Gasteiger charge is -2.06. The predicted octanol–water partition coefficient (Wildman–Crippen LogP) is 6.24. The molecule has 0 spiro atoms. The van der Waals surface area contributed by atoms with Crippen molar-refractivity contribution in [3.8, 4) is 33.9 Å². The fourth-order valence-corrected chi connectivity index (χ4v) is 3.65. The highest BCUT2D eigenvalue weighted by atomic mass is 19.1. The van der Waals surface area contributed by atoms with Gasteiger partial charge in [-0.1, -0.05) is 35.5 Å². The van der Waals surface area contributed by atoms with Gasteiger partial charge in [0.05, 0.1) is 11.3 Å². The van der Waals surface area contributed by atoms with Crippen molar-refractivity contribution < 1.29 is 18.1 Å². The molecular weight excluding hydrogens is 438 g/mol. The number of anilines is 1. The second-order valence-electron chi connectivity index (χ2n) is 7.65. The van der Waals surface area contributed by atoms with E-state index in [0.717, 1.165) is 5.56 Å². The number of carbonyl (C=O) groups excluding carboxylic acids is 1. The van der Waals surface area contributed by atoms with Crippen LogP contribution in [0.4, 0.5) is 14.5 Å². The molecule has 34 heavy (non-hydrogen) atoms. The van der Waals surface area contributed by atoms with Gasteiger partial charge in [-0.25, -0.2) is 13.8 Å². The molecule has 0 bridgehead atoms. The minimum absolute atomic E-state index is 0.350. The van der Waals surface area contributed by atoms with Crippen LogP contribution in [0.3, 0.4) is 0 Å². The molecule has 0 aliphatic carbocycles. The second kappa shape index (κ2) is 8.74. The maximum absolute atomic E-state index is 13.7. The summed E-state index contributed by atoms with van der Waals surface area (Å²) in [7, 11) is 0. The number of imidazole rings is 1. The van der Waals surface area contributed by atoms with Crippen LogP contribution >= 0.6 is 0 Å². The maximum atomic E-state index is 13.7. The molecule has 0 radical (unpaired) electrons. The van der Waals surface area contributed by atoms with Crippen molar-refractivity contribution in [3.05, 3.63) is 102 Å². The van der Waals surface area contributed by atoms with E-state index < -0.39 is 5.82 Å². The molecule has 0 atom stereocenters. The van der Waals surface area contributed by atoms with Crippen molar-refractivity contribution in [2.75, 3.05) is 5.32 Å². The first-order valence-electron chi connectivity index (χ1n) is 10.4. The first kappa shape index (κ1) is 21.3. The minimum atomic E-state index is -0.426. The molecule has 0 aliphatic heterocycles. The number of aromatic nitrogens is 3. The third-order valence-electron chi connectivity index (χ3n) is 5.30. The van der Waals surface area contributed by atoms with Crippen molar-refractivity contribution in [1.29, 1.82) is 0 Å². The first-order chi connectivity index (χ1) is 16.5. The summed E-state index contributed by atoms with van der Waals surface area (Å²) >= 11 is 0. The van der Waals surface area contributed by atoms with E-state index in [0.29, 0.717) is 45.4 Å². The molecule has 168 valence electrons. The average molecular weight is 456 g/mol. The Labute approximate surface area is 193 Å². The number of aromatic amines is 1. The number of rotatable bonds is 5. The Hall–Kier alpha value is -4.59. The molecular formula is C26H18F2N4O2. The lowest BCUT2D eigenvalue weighted by atomic mass is 10.0. The predicted molar refractivity (Wildman–Crippen MR) is 124 cm³/mol. The molecule has 0 saturated carbocycles. The number of nitrogens with one attached hydrogen (secondary N) is 2. The van der Waals surface area contributed by atoms with Gasteiger partial charge >= 0.3 is 0 Å². The summed E-state index contributed by atoms with van der Waals surface area (Å²) in [5.74, 6) is -0.00425. The lowest BCUT2D eigenvalue weighted by Crippen LogP contribution is -2.11. The fraction of sp³-hybridized carbons (Fsp3) is 0.0385. The number of aryl methyl sites for hydroxylation is 1. The molecule has 2 aromatic heterocycles. The van der Waals surface area contributed by atoms with Gasteiger partial charge in [-0.15, -0.1) is 0 Å². The quantitative estimate of drug-likeness (QED) is 0.328. The number of carbonyl (C=O) groups is 1. The number of hydrogen-bond donors (Lipinski definition) is 2. The Morgan fingerprint density at radius 1 is 0.941 bits per heavy atom. The molecule has 1 amide bonds. The zero-order chi connectivity index (χ0) is 23.7. The van der Waals surface area contributed by atoms with E-state index in [9.17, 15) is 13.6 Å². The molecule has 0 fully saturated rings. The third kappa shape index (κ3) is 4.21. The van der Waals surface area contributed by atoms with Crippen molar-refractivity contribution in [1.82, 2.24) is 15.1 Å². The summed E-state index contributed by atoms with van der Waals surface area (Å²) in [4.78, 5) is 20.2. The molecule has 0 aliphatic rings. The number of H-pyrrole nitrogens is 1. The molecule has 0 unspecified atom stereocenters. The van der Waals surface area contributed by atoms with Gasteiger partial charge in [0.2, 0.25) is 0 Å². The molecule has 3 aromatic carbocycles. The van der Waals surface area contributed by atoms with E-state index in [1.165, 1.54) is 30.3 Å². The Bertz CT molecular complexity index is 1490. The van der Waals surface area contributed by atoms with Crippen LogP contribution in [0.1, 0.15) is 16.1 Å². The van der Waals surface area contributed by atoms with Gasteiger partial charge < -0.3 is 14.8 Å². The second-order valence-corrected chi connectivity index (χ2v) is 7.65. The summed E-state index contributed by atoms with van der Waals surface area (Å²) in [6.07, 6.45) is 1.72. The highest BCUT2D eigenvalue weighted by Crippen LogP contribution is 2.34. The summed E-state index contributed by atoms with van der Waals surface area (Å²) in [6.45, 7) is 1.77. The van der Waals surface area contributed by atoms with E-state index in [1.807, 2.05) is 0 Å². The highest BCUT2D eigenvalue weighted by Gasteiger charge is 2.20. The molecule has 0 saturated heterocycles. The molecule has 8 heteroatoms. The van der Waals surface area contributed by atoms with E-state index in [2.05, 4.69) is 20.4 Å². The van der Waals surface area contributed by atoms with Gasteiger partial charge in [-0.2, -0.15) is 0 Å². The van der Waals surface area contributed by atoms with Crippen LogP contribution in [0.15, 0.2) is 83.5 Å². The van der Waals surface area contributed by atoms with Crippen molar-refractivity contribution in [2.24, 2.45) is 0 Å². The average Bonchev–Trinajstić information content (AvgIpc) is 3.46. The van der Waals surface area contributed by atoms with Crippen molar-refractivity contribution in [2.45, 2.75) is 6.92 Å². The lowest BCUT2D eigenvalue weighted by molar-refractivity contribution is 0.102. The molecule has 5 aromatic rings. The van der Waals surface area contributed by atoms with Crippen LogP contribution < -0.4 is 5.32 Å². The first-order valence-corrected chi connectivity index (χ1v) is 10.4. The fourth-order valence-electron chi connectivity index (χ4n) is 3.65. The summed E-state index contributed by atoms with van der Waals surface area (Å²) in [6, 6.07) is 18.7. The van der Waals surface area contributed by atoms with Crippen molar-refractivity contribution >= 4 is 11.6 Å². The summed E-state index contributed by atoms with van der Waals surface area (Å²) < 4.78 is 32.4. The Kier molecular flexibility index (Phi) is 5.47. The summed E-state index contributed by atoms with van der Waals surface area (Å²) in [5.41, 5.74) is 3.91. The van der Waals surface area contributed by atoms with Gasteiger partial charge in [0.1, 0.15) is 28.9 Å². The smallest absolute Gasteiger partial charge is 0.255 e. The maximum Gasteiger partial charge on any atom is 0.255 e. The van der Waals surface area contributed by atoms with Gasteiger partial charge in [0.25, 0.3) is 5.91 Å². The summed E-state index contributed by atoms with van der Waals surface area (Å²) in [5, 5.41) is 6.76. The topological polar surface area (TPSA) is 83.8 Å². The van der Waals surface area contributed by atoms with Gasteiger partial charge in [0.15, 0.2) is 0 Å².